The van der Waals surface area contributed by atoms with Crippen molar-refractivity contribution in [2.75, 3.05) is 12.4 Å². The van der Waals surface area contributed by atoms with Crippen LogP contribution in [0.15, 0.2) is 21.5 Å². The molecule has 0 aliphatic carbocycles. The number of aliphatic hydroxyl groups excluding tert-OH is 1. The van der Waals surface area contributed by atoms with Crippen molar-refractivity contribution >= 4 is 33.6 Å². The summed E-state index contributed by atoms with van der Waals surface area (Å²) in [5.74, 6) is 0.554. The quantitative estimate of drug-likeness (QED) is 0.766. The van der Waals surface area contributed by atoms with Crippen molar-refractivity contribution in [3.05, 3.63) is 27.7 Å². The minimum atomic E-state index is -0.171. The number of carbonyl (C=O) groups is 1. The lowest BCUT2D eigenvalue weighted by molar-refractivity contribution is -0.119. The number of hydrogen-bond donors (Lipinski definition) is 2. The molecule has 0 saturated carbocycles. The van der Waals surface area contributed by atoms with Gasteiger partial charge in [-0.15, -0.1) is 11.8 Å². The normalized spacial score (nSPS) is 12.6. The second kappa shape index (κ2) is 8.05. The van der Waals surface area contributed by atoms with Crippen LogP contribution in [-0.2, 0) is 4.79 Å². The Morgan fingerprint density at radius 2 is 2.00 bits per heavy atom. The summed E-state index contributed by atoms with van der Waals surface area (Å²) in [5, 5.41) is 12.1. The molecule has 0 aliphatic rings. The molecule has 1 atom stereocenters. The molecule has 1 amide bonds. The van der Waals surface area contributed by atoms with Crippen LogP contribution in [0.4, 0.5) is 0 Å². The monoisotopic (exact) mass is 359 g/mol. The van der Waals surface area contributed by atoms with Crippen LogP contribution in [0.2, 0.25) is 0 Å². The van der Waals surface area contributed by atoms with E-state index in [0.717, 1.165) is 20.5 Å². The Balaban J connectivity index is 2.59. The SMILES string of the molecule is Cc1cc(SCC(=O)N[C@H](CO)C(C)C)c(C)cc1Br. The van der Waals surface area contributed by atoms with E-state index in [9.17, 15) is 9.90 Å². The summed E-state index contributed by atoms with van der Waals surface area (Å²) in [5.41, 5.74) is 2.32. The fourth-order valence-electron chi connectivity index (χ4n) is 1.72. The molecular formula is C15H22BrNO2S. The molecule has 5 heteroatoms. The van der Waals surface area contributed by atoms with E-state index in [2.05, 4.69) is 33.4 Å². The number of carbonyl (C=O) groups excluding carboxylic acids is 1. The first-order valence-corrected chi connectivity index (χ1v) is 8.42. The number of halogens is 1. The van der Waals surface area contributed by atoms with Crippen molar-refractivity contribution in [2.24, 2.45) is 5.92 Å². The number of aliphatic hydroxyl groups is 1. The molecule has 0 aliphatic heterocycles. The van der Waals surface area contributed by atoms with Gasteiger partial charge < -0.3 is 10.4 Å². The van der Waals surface area contributed by atoms with Gasteiger partial charge in [-0.25, -0.2) is 0 Å². The fraction of sp³-hybridized carbons (Fsp3) is 0.533. The van der Waals surface area contributed by atoms with Gasteiger partial charge in [-0.2, -0.15) is 0 Å². The molecule has 112 valence electrons. The molecule has 0 radical (unpaired) electrons. The third kappa shape index (κ3) is 5.11. The van der Waals surface area contributed by atoms with E-state index in [1.165, 1.54) is 11.8 Å². The molecule has 1 aromatic rings. The maximum absolute atomic E-state index is 11.9. The van der Waals surface area contributed by atoms with Crippen LogP contribution in [0.3, 0.4) is 0 Å². The molecule has 1 aromatic carbocycles. The predicted molar refractivity (Wildman–Crippen MR) is 88.2 cm³/mol. The first kappa shape index (κ1) is 17.5. The van der Waals surface area contributed by atoms with Gasteiger partial charge >= 0.3 is 0 Å². The Morgan fingerprint density at radius 3 is 2.55 bits per heavy atom. The van der Waals surface area contributed by atoms with E-state index >= 15 is 0 Å². The number of rotatable bonds is 6. The van der Waals surface area contributed by atoms with Gasteiger partial charge in [-0.1, -0.05) is 29.8 Å². The molecule has 2 N–H and O–H groups in total. The summed E-state index contributed by atoms with van der Waals surface area (Å²) in [6.07, 6.45) is 0. The van der Waals surface area contributed by atoms with E-state index in [1.807, 2.05) is 27.7 Å². The molecule has 0 spiro atoms. The minimum Gasteiger partial charge on any atom is -0.394 e. The summed E-state index contributed by atoms with van der Waals surface area (Å²) >= 11 is 5.03. The van der Waals surface area contributed by atoms with Crippen molar-refractivity contribution in [1.29, 1.82) is 0 Å². The average Bonchev–Trinajstić information content (AvgIpc) is 2.38. The van der Waals surface area contributed by atoms with Crippen LogP contribution in [0.5, 0.6) is 0 Å². The van der Waals surface area contributed by atoms with Crippen molar-refractivity contribution in [3.63, 3.8) is 0 Å². The standard InChI is InChI=1S/C15H22BrNO2S/c1-9(2)13(7-18)17-15(19)8-20-14-6-10(3)12(16)5-11(14)4/h5-6,9,13,18H,7-8H2,1-4H3,(H,17,19)/t13-/m1/s1. The van der Waals surface area contributed by atoms with Crippen LogP contribution >= 0.6 is 27.7 Å². The first-order chi connectivity index (χ1) is 9.35. The number of nitrogens with one attached hydrogen (secondary N) is 1. The van der Waals surface area contributed by atoms with Gasteiger partial charge in [0.25, 0.3) is 0 Å². The van der Waals surface area contributed by atoms with Crippen LogP contribution in [0, 0.1) is 19.8 Å². The van der Waals surface area contributed by atoms with Gasteiger partial charge in [-0.05, 0) is 43.0 Å². The highest BCUT2D eigenvalue weighted by Gasteiger charge is 2.15. The summed E-state index contributed by atoms with van der Waals surface area (Å²) in [7, 11) is 0. The van der Waals surface area contributed by atoms with Crippen molar-refractivity contribution in [1.82, 2.24) is 5.32 Å². The number of amides is 1. The Bertz CT molecular complexity index is 477. The number of benzene rings is 1. The van der Waals surface area contributed by atoms with Gasteiger partial charge in [0.1, 0.15) is 0 Å². The van der Waals surface area contributed by atoms with Crippen molar-refractivity contribution in [3.8, 4) is 0 Å². The molecule has 0 saturated heterocycles. The van der Waals surface area contributed by atoms with E-state index in [1.54, 1.807) is 0 Å². The maximum atomic E-state index is 11.9. The Labute approximate surface area is 133 Å². The maximum Gasteiger partial charge on any atom is 0.230 e. The molecule has 0 aromatic heterocycles. The third-order valence-electron chi connectivity index (χ3n) is 3.16. The predicted octanol–water partition coefficient (Wildman–Crippen LogP) is 3.29. The molecule has 1 rings (SSSR count). The highest BCUT2D eigenvalue weighted by molar-refractivity contribution is 9.10. The van der Waals surface area contributed by atoms with Gasteiger partial charge in [-0.3, -0.25) is 4.79 Å². The second-order valence-electron chi connectivity index (χ2n) is 5.26. The summed E-state index contributed by atoms with van der Waals surface area (Å²) in [4.78, 5) is 13.0. The summed E-state index contributed by atoms with van der Waals surface area (Å²) in [6.45, 7) is 8.01. The number of aryl methyl sites for hydroxylation is 2. The molecule has 20 heavy (non-hydrogen) atoms. The molecular weight excluding hydrogens is 338 g/mol. The van der Waals surface area contributed by atoms with Gasteiger partial charge in [0.2, 0.25) is 5.91 Å². The van der Waals surface area contributed by atoms with Gasteiger partial charge in [0, 0.05) is 9.37 Å². The molecule has 0 heterocycles. The highest BCUT2D eigenvalue weighted by Crippen LogP contribution is 2.28. The van der Waals surface area contributed by atoms with E-state index in [-0.39, 0.29) is 24.5 Å². The average molecular weight is 360 g/mol. The first-order valence-electron chi connectivity index (χ1n) is 6.65. The highest BCUT2D eigenvalue weighted by atomic mass is 79.9. The van der Waals surface area contributed by atoms with E-state index in [0.29, 0.717) is 5.75 Å². The zero-order valence-electron chi connectivity index (χ0n) is 12.4. The lowest BCUT2D eigenvalue weighted by Crippen LogP contribution is -2.41. The minimum absolute atomic E-state index is 0.0233. The van der Waals surface area contributed by atoms with Crippen LogP contribution in [0.25, 0.3) is 0 Å². The fourth-order valence-corrected chi connectivity index (χ4v) is 3.10. The van der Waals surface area contributed by atoms with Crippen molar-refractivity contribution in [2.45, 2.75) is 38.6 Å². The zero-order valence-corrected chi connectivity index (χ0v) is 14.8. The molecule has 0 fully saturated rings. The zero-order chi connectivity index (χ0) is 15.3. The summed E-state index contributed by atoms with van der Waals surface area (Å²) in [6, 6.07) is 3.99. The largest absolute Gasteiger partial charge is 0.394 e. The topological polar surface area (TPSA) is 49.3 Å². The summed E-state index contributed by atoms with van der Waals surface area (Å²) < 4.78 is 1.09. The lowest BCUT2D eigenvalue weighted by atomic mass is 10.1. The molecule has 0 unspecified atom stereocenters. The molecule has 0 bridgehead atoms. The Kier molecular flexibility index (Phi) is 7.06. The molecule has 3 nitrogen and oxygen atoms in total. The lowest BCUT2D eigenvalue weighted by Gasteiger charge is -2.19. The Morgan fingerprint density at radius 1 is 1.35 bits per heavy atom. The Hall–Kier alpha value is -0.520. The van der Waals surface area contributed by atoms with E-state index in [4.69, 9.17) is 0 Å². The van der Waals surface area contributed by atoms with Gasteiger partial charge in [0.05, 0.1) is 18.4 Å². The number of thioether (sulfide) groups is 1. The van der Waals surface area contributed by atoms with E-state index < -0.39 is 0 Å². The number of hydrogen-bond acceptors (Lipinski definition) is 3. The smallest absolute Gasteiger partial charge is 0.230 e. The van der Waals surface area contributed by atoms with Crippen LogP contribution < -0.4 is 5.32 Å². The van der Waals surface area contributed by atoms with Gasteiger partial charge in [0.15, 0.2) is 0 Å². The van der Waals surface area contributed by atoms with Crippen LogP contribution in [0.1, 0.15) is 25.0 Å². The second-order valence-corrected chi connectivity index (χ2v) is 7.13. The van der Waals surface area contributed by atoms with Crippen LogP contribution in [-0.4, -0.2) is 29.4 Å². The van der Waals surface area contributed by atoms with Crippen molar-refractivity contribution < 1.29 is 9.90 Å². The third-order valence-corrected chi connectivity index (χ3v) is 5.17.